The van der Waals surface area contributed by atoms with Gasteiger partial charge in [-0.05, 0) is 53.6 Å². The molecule has 0 bridgehead atoms. The average Bonchev–Trinajstić information content (AvgIpc) is 2.96. The van der Waals surface area contributed by atoms with Gasteiger partial charge in [0.15, 0.2) is 11.5 Å². The molecule has 38 heavy (non-hydrogen) atoms. The van der Waals surface area contributed by atoms with Crippen molar-refractivity contribution in [3.8, 4) is 11.5 Å². The topological polar surface area (TPSA) is 76.7 Å². The van der Waals surface area contributed by atoms with Crippen molar-refractivity contribution >= 4 is 41.0 Å². The number of hydrogen-bond donors (Lipinski definition) is 2. The highest BCUT2D eigenvalue weighted by Gasteiger charge is 2.23. The molecule has 4 aromatic rings. The Bertz CT molecular complexity index is 1420. The van der Waals surface area contributed by atoms with E-state index in [0.717, 1.165) is 16.0 Å². The highest BCUT2D eigenvalue weighted by atomic mass is 32.2. The number of fused-ring (bicyclic) bond motifs is 1. The first-order chi connectivity index (χ1) is 18.6. The number of carbonyl (C=O) groups is 2. The number of nitrogens with one attached hydrogen (secondary N) is 2. The molecule has 0 fully saturated rings. The third-order valence-corrected chi connectivity index (χ3v) is 7.02. The maximum Gasteiger partial charge on any atom is 0.248 e. The highest BCUT2D eigenvalue weighted by molar-refractivity contribution is 8.00. The minimum absolute atomic E-state index is 0.152. The van der Waals surface area contributed by atoms with Crippen molar-refractivity contribution in [3.63, 3.8) is 0 Å². The standard InChI is InChI=1S/C31H26N2O4S/c34-29(18-11-22-7-3-1-4-8-22)32-24-12-15-26(16-13-24)38-30(23-9-5-2-6-10-23)31(35)33-25-14-17-27-28(21-25)37-20-19-36-27/h1-18,21,30H,19-20H2,(H,32,34)(H,33,35)/b18-11+. The molecule has 0 spiro atoms. The van der Waals surface area contributed by atoms with E-state index in [9.17, 15) is 9.59 Å². The monoisotopic (exact) mass is 522 g/mol. The molecule has 2 amide bonds. The van der Waals surface area contributed by atoms with Crippen LogP contribution in [-0.2, 0) is 9.59 Å². The maximum absolute atomic E-state index is 13.4. The van der Waals surface area contributed by atoms with Gasteiger partial charge in [-0.15, -0.1) is 11.8 Å². The Morgan fingerprint density at radius 1 is 0.737 bits per heavy atom. The molecule has 4 aromatic carbocycles. The Kier molecular flexibility index (Phi) is 8.06. The summed E-state index contributed by atoms with van der Waals surface area (Å²) in [5, 5.41) is 5.40. The van der Waals surface area contributed by atoms with E-state index in [1.807, 2.05) is 91.0 Å². The van der Waals surface area contributed by atoms with Gasteiger partial charge in [0.1, 0.15) is 18.5 Å². The molecule has 1 aliphatic heterocycles. The second kappa shape index (κ2) is 12.2. The average molecular weight is 523 g/mol. The molecule has 7 heteroatoms. The molecular weight excluding hydrogens is 496 g/mol. The van der Waals surface area contributed by atoms with Gasteiger partial charge in [0.2, 0.25) is 11.8 Å². The van der Waals surface area contributed by atoms with Crippen LogP contribution in [0.2, 0.25) is 0 Å². The Labute approximate surface area is 225 Å². The van der Waals surface area contributed by atoms with E-state index in [1.54, 1.807) is 18.2 Å². The molecule has 1 aliphatic rings. The van der Waals surface area contributed by atoms with Crippen LogP contribution in [-0.4, -0.2) is 25.0 Å². The number of thioether (sulfide) groups is 1. The van der Waals surface area contributed by atoms with Crippen LogP contribution in [0, 0.1) is 0 Å². The molecule has 0 saturated heterocycles. The van der Waals surface area contributed by atoms with Gasteiger partial charge in [-0.2, -0.15) is 0 Å². The van der Waals surface area contributed by atoms with E-state index < -0.39 is 5.25 Å². The lowest BCUT2D eigenvalue weighted by Gasteiger charge is -2.20. The first-order valence-corrected chi connectivity index (χ1v) is 13.1. The fraction of sp³-hybridized carbons (Fsp3) is 0.0968. The van der Waals surface area contributed by atoms with Crippen molar-refractivity contribution < 1.29 is 19.1 Å². The Hall–Kier alpha value is -4.49. The second-order valence-corrected chi connectivity index (χ2v) is 9.69. The smallest absolute Gasteiger partial charge is 0.248 e. The minimum atomic E-state index is -0.487. The van der Waals surface area contributed by atoms with Crippen molar-refractivity contribution in [1.29, 1.82) is 0 Å². The van der Waals surface area contributed by atoms with E-state index in [1.165, 1.54) is 17.8 Å². The molecule has 0 radical (unpaired) electrons. The van der Waals surface area contributed by atoms with Crippen molar-refractivity contribution in [3.05, 3.63) is 120 Å². The summed E-state index contributed by atoms with van der Waals surface area (Å²) in [5.41, 5.74) is 3.16. The Balaban J connectivity index is 1.26. The number of ether oxygens (including phenoxy) is 2. The number of hydrogen-bond acceptors (Lipinski definition) is 5. The van der Waals surface area contributed by atoms with Crippen molar-refractivity contribution in [2.45, 2.75) is 10.1 Å². The molecule has 2 N–H and O–H groups in total. The zero-order valence-electron chi connectivity index (χ0n) is 20.5. The summed E-state index contributed by atoms with van der Waals surface area (Å²) in [5.74, 6) is 0.928. The lowest BCUT2D eigenvalue weighted by molar-refractivity contribution is -0.116. The van der Waals surface area contributed by atoms with Crippen molar-refractivity contribution in [2.75, 3.05) is 23.8 Å². The first-order valence-electron chi connectivity index (χ1n) is 12.2. The number of carbonyl (C=O) groups excluding carboxylic acids is 2. The minimum Gasteiger partial charge on any atom is -0.486 e. The van der Waals surface area contributed by atoms with Gasteiger partial charge in [0.25, 0.3) is 0 Å². The summed E-state index contributed by atoms with van der Waals surface area (Å²) < 4.78 is 11.2. The lowest BCUT2D eigenvalue weighted by Crippen LogP contribution is -2.20. The van der Waals surface area contributed by atoms with Gasteiger partial charge in [0.05, 0.1) is 0 Å². The van der Waals surface area contributed by atoms with E-state index in [2.05, 4.69) is 10.6 Å². The van der Waals surface area contributed by atoms with E-state index in [0.29, 0.717) is 36.1 Å². The third kappa shape index (κ3) is 6.63. The quantitative estimate of drug-likeness (QED) is 0.202. The molecule has 0 aromatic heterocycles. The van der Waals surface area contributed by atoms with Crippen LogP contribution < -0.4 is 20.1 Å². The fourth-order valence-corrected chi connectivity index (χ4v) is 4.93. The Morgan fingerprint density at radius 2 is 1.39 bits per heavy atom. The van der Waals surface area contributed by atoms with Crippen LogP contribution in [0.1, 0.15) is 16.4 Å². The molecule has 6 nitrogen and oxygen atoms in total. The van der Waals surface area contributed by atoms with Gasteiger partial charge >= 0.3 is 0 Å². The van der Waals surface area contributed by atoms with Crippen LogP contribution >= 0.6 is 11.8 Å². The zero-order valence-corrected chi connectivity index (χ0v) is 21.3. The third-order valence-electron chi connectivity index (χ3n) is 5.75. The summed E-state index contributed by atoms with van der Waals surface area (Å²) in [6.45, 7) is 0.991. The van der Waals surface area contributed by atoms with E-state index in [-0.39, 0.29) is 11.8 Å². The SMILES string of the molecule is O=C(/C=C/c1ccccc1)Nc1ccc(SC(C(=O)Nc2ccc3c(c2)OCCO3)c2ccccc2)cc1. The number of amides is 2. The van der Waals surface area contributed by atoms with E-state index in [4.69, 9.17) is 9.47 Å². The highest BCUT2D eigenvalue weighted by Crippen LogP contribution is 2.38. The summed E-state index contributed by atoms with van der Waals surface area (Å²) in [7, 11) is 0. The lowest BCUT2D eigenvalue weighted by atomic mass is 10.1. The largest absolute Gasteiger partial charge is 0.486 e. The molecular formula is C31H26N2O4S. The molecule has 1 heterocycles. The van der Waals surface area contributed by atoms with Crippen LogP contribution in [0.4, 0.5) is 11.4 Å². The molecule has 0 aliphatic carbocycles. The van der Waals surface area contributed by atoms with Gasteiger partial charge < -0.3 is 20.1 Å². The fourth-order valence-electron chi connectivity index (χ4n) is 3.90. The van der Waals surface area contributed by atoms with Crippen LogP contribution in [0.5, 0.6) is 11.5 Å². The summed E-state index contributed by atoms with van der Waals surface area (Å²) in [6.07, 6.45) is 3.27. The predicted octanol–water partition coefficient (Wildman–Crippen LogP) is 6.58. The van der Waals surface area contributed by atoms with E-state index >= 15 is 0 Å². The molecule has 0 saturated carbocycles. The second-order valence-electron chi connectivity index (χ2n) is 8.51. The van der Waals surface area contributed by atoms with Crippen LogP contribution in [0.3, 0.4) is 0 Å². The molecule has 190 valence electrons. The van der Waals surface area contributed by atoms with Gasteiger partial charge in [0, 0.05) is 28.4 Å². The molecule has 5 rings (SSSR count). The van der Waals surface area contributed by atoms with Gasteiger partial charge in [-0.25, -0.2) is 0 Å². The summed E-state index contributed by atoms with van der Waals surface area (Å²) in [4.78, 5) is 26.6. The van der Waals surface area contributed by atoms with Crippen LogP contribution in [0.15, 0.2) is 114 Å². The van der Waals surface area contributed by atoms with Crippen molar-refractivity contribution in [2.24, 2.45) is 0 Å². The maximum atomic E-state index is 13.4. The summed E-state index contributed by atoms with van der Waals surface area (Å²) >= 11 is 1.44. The molecule has 1 unspecified atom stereocenters. The van der Waals surface area contributed by atoms with Gasteiger partial charge in [-0.3, -0.25) is 9.59 Å². The number of anilines is 2. The first kappa shape index (κ1) is 25.2. The van der Waals surface area contributed by atoms with Crippen LogP contribution in [0.25, 0.3) is 6.08 Å². The van der Waals surface area contributed by atoms with Crippen molar-refractivity contribution in [1.82, 2.24) is 0 Å². The Morgan fingerprint density at radius 3 is 2.13 bits per heavy atom. The summed E-state index contributed by atoms with van der Waals surface area (Å²) in [6, 6.07) is 32.1. The number of benzene rings is 4. The number of rotatable bonds is 8. The van der Waals surface area contributed by atoms with Gasteiger partial charge in [-0.1, -0.05) is 60.7 Å². The predicted molar refractivity (Wildman–Crippen MR) is 152 cm³/mol. The zero-order chi connectivity index (χ0) is 26.2. The molecule has 1 atom stereocenters. The normalized spacial score (nSPS) is 13.1.